The summed E-state index contributed by atoms with van der Waals surface area (Å²) in [5.41, 5.74) is 1.47. The first-order valence-corrected chi connectivity index (χ1v) is 6.58. The van der Waals surface area contributed by atoms with E-state index in [0.717, 1.165) is 5.57 Å². The number of aromatic carboxylic acids is 1. The Morgan fingerprint density at radius 3 is 2.45 bits per heavy atom. The first-order chi connectivity index (χ1) is 9.40. The zero-order chi connectivity index (χ0) is 14.9. The number of carbonyl (C=O) groups excluding carboxylic acids is 1. The Hall–Kier alpha value is -1.56. The number of carboxylic acids is 1. The van der Waals surface area contributed by atoms with Gasteiger partial charge in [0.25, 0.3) is 5.91 Å². The predicted octanol–water partition coefficient (Wildman–Crippen LogP) is 2.55. The molecule has 1 aliphatic rings. The number of carbonyl (C=O) groups is 2. The molecule has 3 N–H and O–H groups in total. The van der Waals surface area contributed by atoms with E-state index in [1.54, 1.807) is 6.92 Å². The maximum Gasteiger partial charge on any atom is 0.337 e. The van der Waals surface area contributed by atoms with Gasteiger partial charge in [-0.25, -0.2) is 4.79 Å². The fourth-order valence-corrected chi connectivity index (χ4v) is 2.29. The molecule has 0 aliphatic carbocycles. The van der Waals surface area contributed by atoms with Gasteiger partial charge in [-0.15, -0.1) is 0 Å². The van der Waals surface area contributed by atoms with E-state index in [2.05, 4.69) is 10.6 Å². The van der Waals surface area contributed by atoms with Gasteiger partial charge in [0.05, 0.1) is 16.3 Å². The molecule has 2 rings (SSSR count). The number of hydrogen-bond acceptors (Lipinski definition) is 3. The van der Waals surface area contributed by atoms with E-state index < -0.39 is 5.97 Å². The molecule has 5 nitrogen and oxygen atoms in total. The second-order valence-corrected chi connectivity index (χ2v) is 5.25. The summed E-state index contributed by atoms with van der Waals surface area (Å²) in [5.74, 6) is -1.58. The second-order valence-electron chi connectivity index (χ2n) is 4.40. The topological polar surface area (TPSA) is 78.4 Å². The molecule has 7 heteroatoms. The van der Waals surface area contributed by atoms with Gasteiger partial charge in [0, 0.05) is 23.7 Å². The van der Waals surface area contributed by atoms with Gasteiger partial charge >= 0.3 is 5.97 Å². The lowest BCUT2D eigenvalue weighted by atomic mass is 10.0. The van der Waals surface area contributed by atoms with Crippen molar-refractivity contribution in [1.29, 1.82) is 0 Å². The Balaban J connectivity index is 2.33. The summed E-state index contributed by atoms with van der Waals surface area (Å²) in [6.07, 6.45) is 0. The molecule has 1 aliphatic heterocycles. The molecule has 1 aromatic carbocycles. The highest BCUT2D eigenvalue weighted by atomic mass is 35.5. The number of carboxylic acid groups (broad SMARTS) is 1. The quantitative estimate of drug-likeness (QED) is 0.749. The minimum Gasteiger partial charge on any atom is -0.478 e. The first kappa shape index (κ1) is 14.8. The van der Waals surface area contributed by atoms with Gasteiger partial charge in [0.2, 0.25) is 0 Å². The molecular weight excluding hydrogens is 303 g/mol. The molecule has 0 aromatic heterocycles. The van der Waals surface area contributed by atoms with Gasteiger partial charge in [-0.2, -0.15) is 0 Å². The third-order valence-corrected chi connectivity index (χ3v) is 3.59. The van der Waals surface area contributed by atoms with Crippen molar-refractivity contribution in [3.63, 3.8) is 0 Å². The number of halogens is 2. The summed E-state index contributed by atoms with van der Waals surface area (Å²) in [7, 11) is 0. The van der Waals surface area contributed by atoms with E-state index in [4.69, 9.17) is 28.3 Å². The summed E-state index contributed by atoms with van der Waals surface area (Å²) in [4.78, 5) is 23.3. The summed E-state index contributed by atoms with van der Waals surface area (Å²) < 4.78 is 0. The van der Waals surface area contributed by atoms with Crippen LogP contribution in [-0.2, 0) is 4.79 Å². The van der Waals surface area contributed by atoms with Crippen LogP contribution in [0.25, 0.3) is 0 Å². The Kier molecular flexibility index (Phi) is 4.32. The van der Waals surface area contributed by atoms with Crippen molar-refractivity contribution < 1.29 is 14.7 Å². The first-order valence-electron chi connectivity index (χ1n) is 5.83. The zero-order valence-electron chi connectivity index (χ0n) is 10.6. The maximum absolute atomic E-state index is 12.1. The SMILES string of the molecule is CC(C(=O)Nc1c(Cl)cc(Cl)cc1C(=O)O)=C1CNC1. The number of hydrogen-bond donors (Lipinski definition) is 3. The molecule has 1 heterocycles. The third kappa shape index (κ3) is 2.95. The van der Waals surface area contributed by atoms with E-state index in [1.165, 1.54) is 12.1 Å². The predicted molar refractivity (Wildman–Crippen MR) is 77.6 cm³/mol. The fraction of sp³-hybridized carbons (Fsp3) is 0.231. The van der Waals surface area contributed by atoms with Crippen molar-refractivity contribution in [3.05, 3.63) is 38.9 Å². The number of rotatable bonds is 3. The standard InChI is InChI=1S/C13H12Cl2N2O3/c1-6(7-4-16-5-7)12(18)17-11-9(13(19)20)2-8(14)3-10(11)15/h2-3,16H,4-5H2,1H3,(H,17,18)(H,19,20). The van der Waals surface area contributed by atoms with Crippen LogP contribution in [0.5, 0.6) is 0 Å². The summed E-state index contributed by atoms with van der Waals surface area (Å²) >= 11 is 11.7. The molecule has 1 aromatic rings. The highest BCUT2D eigenvalue weighted by Crippen LogP contribution is 2.30. The van der Waals surface area contributed by atoms with Gasteiger partial charge < -0.3 is 15.7 Å². The van der Waals surface area contributed by atoms with Gasteiger partial charge in [-0.05, 0) is 24.6 Å². The second kappa shape index (κ2) is 5.83. The Bertz CT molecular complexity index is 620. The number of nitrogens with one attached hydrogen (secondary N) is 2. The van der Waals surface area contributed by atoms with Crippen LogP contribution in [0.1, 0.15) is 17.3 Å². The van der Waals surface area contributed by atoms with Crippen molar-refractivity contribution in [3.8, 4) is 0 Å². The Morgan fingerprint density at radius 2 is 1.95 bits per heavy atom. The lowest BCUT2D eigenvalue weighted by molar-refractivity contribution is -0.112. The van der Waals surface area contributed by atoms with Crippen molar-refractivity contribution in [1.82, 2.24) is 5.32 Å². The van der Waals surface area contributed by atoms with Crippen molar-refractivity contribution in [2.24, 2.45) is 0 Å². The van der Waals surface area contributed by atoms with Crippen LogP contribution < -0.4 is 10.6 Å². The van der Waals surface area contributed by atoms with Crippen LogP contribution in [-0.4, -0.2) is 30.1 Å². The molecule has 1 fully saturated rings. The summed E-state index contributed by atoms with van der Waals surface area (Å²) in [6.45, 7) is 3.02. The average molecular weight is 315 g/mol. The maximum atomic E-state index is 12.1. The lowest BCUT2D eigenvalue weighted by Gasteiger charge is -2.21. The smallest absolute Gasteiger partial charge is 0.337 e. The van der Waals surface area contributed by atoms with Crippen LogP contribution in [0, 0.1) is 0 Å². The van der Waals surface area contributed by atoms with E-state index in [9.17, 15) is 9.59 Å². The normalized spacial score (nSPS) is 13.7. The summed E-state index contributed by atoms with van der Waals surface area (Å²) in [6, 6.07) is 2.64. The van der Waals surface area contributed by atoms with Crippen LogP contribution in [0.4, 0.5) is 5.69 Å². The number of amides is 1. The molecule has 1 saturated heterocycles. The highest BCUT2D eigenvalue weighted by molar-refractivity contribution is 6.38. The lowest BCUT2D eigenvalue weighted by Crippen LogP contribution is -2.36. The van der Waals surface area contributed by atoms with Crippen LogP contribution in [0.15, 0.2) is 23.3 Å². The van der Waals surface area contributed by atoms with Gasteiger partial charge in [0.1, 0.15) is 0 Å². The molecule has 106 valence electrons. The van der Waals surface area contributed by atoms with Gasteiger partial charge in [-0.1, -0.05) is 23.2 Å². The van der Waals surface area contributed by atoms with Crippen molar-refractivity contribution in [2.75, 3.05) is 18.4 Å². The molecule has 0 bridgehead atoms. The molecule has 0 atom stereocenters. The van der Waals surface area contributed by atoms with E-state index in [0.29, 0.717) is 18.7 Å². The molecule has 0 saturated carbocycles. The zero-order valence-corrected chi connectivity index (χ0v) is 12.1. The largest absolute Gasteiger partial charge is 0.478 e. The molecule has 0 radical (unpaired) electrons. The van der Waals surface area contributed by atoms with E-state index in [-0.39, 0.29) is 27.2 Å². The third-order valence-electron chi connectivity index (χ3n) is 3.07. The Morgan fingerprint density at radius 1 is 1.30 bits per heavy atom. The molecular formula is C13H12Cl2N2O3. The van der Waals surface area contributed by atoms with Gasteiger partial charge in [0.15, 0.2) is 0 Å². The van der Waals surface area contributed by atoms with Crippen LogP contribution in [0.2, 0.25) is 10.0 Å². The van der Waals surface area contributed by atoms with Crippen LogP contribution in [0.3, 0.4) is 0 Å². The minimum absolute atomic E-state index is 0.0563. The summed E-state index contributed by atoms with van der Waals surface area (Å²) in [5, 5.41) is 15.0. The number of anilines is 1. The fourth-order valence-electron chi connectivity index (χ4n) is 1.75. The average Bonchev–Trinajstić information content (AvgIpc) is 2.29. The molecule has 20 heavy (non-hydrogen) atoms. The van der Waals surface area contributed by atoms with Crippen LogP contribution >= 0.6 is 23.2 Å². The Labute approximate surface area is 125 Å². The molecule has 0 spiro atoms. The van der Waals surface area contributed by atoms with Gasteiger partial charge in [-0.3, -0.25) is 4.79 Å². The number of benzene rings is 1. The monoisotopic (exact) mass is 314 g/mol. The van der Waals surface area contributed by atoms with Crippen molar-refractivity contribution in [2.45, 2.75) is 6.92 Å². The minimum atomic E-state index is -1.21. The molecule has 0 unspecified atom stereocenters. The molecule has 1 amide bonds. The van der Waals surface area contributed by atoms with E-state index >= 15 is 0 Å². The highest BCUT2D eigenvalue weighted by Gasteiger charge is 2.20. The van der Waals surface area contributed by atoms with Crippen molar-refractivity contribution >= 4 is 40.8 Å². The van der Waals surface area contributed by atoms with E-state index in [1.807, 2.05) is 0 Å².